The van der Waals surface area contributed by atoms with Gasteiger partial charge in [-0.25, -0.2) is 9.48 Å². The van der Waals surface area contributed by atoms with E-state index < -0.39 is 6.04 Å². The van der Waals surface area contributed by atoms with Gasteiger partial charge in [0.05, 0.1) is 12.7 Å². The Kier molecular flexibility index (Phi) is 7.62. The summed E-state index contributed by atoms with van der Waals surface area (Å²) in [7, 11) is 1.56. The highest BCUT2D eigenvalue weighted by Gasteiger charge is 2.36. The van der Waals surface area contributed by atoms with E-state index in [0.29, 0.717) is 28.7 Å². The zero-order chi connectivity index (χ0) is 25.8. The molecule has 1 unspecified atom stereocenters. The Bertz CT molecular complexity index is 1160. The van der Waals surface area contributed by atoms with Crippen molar-refractivity contribution in [1.82, 2.24) is 19.7 Å². The summed E-state index contributed by atoms with van der Waals surface area (Å²) in [6.07, 6.45) is 9.72. The molecule has 1 amide bonds. The molecular formula is C27H35N5O5. The monoisotopic (exact) mass is 509 g/mol. The van der Waals surface area contributed by atoms with E-state index in [2.05, 4.69) is 15.4 Å². The van der Waals surface area contributed by atoms with Gasteiger partial charge in [0.1, 0.15) is 18.5 Å². The molecule has 2 fully saturated rings. The van der Waals surface area contributed by atoms with E-state index in [9.17, 15) is 9.59 Å². The number of nitrogens with zero attached hydrogens (tertiary/aromatic N) is 4. The second kappa shape index (κ2) is 11.2. The number of benzene rings is 1. The summed E-state index contributed by atoms with van der Waals surface area (Å²) in [5.74, 6) is 1.11. The van der Waals surface area contributed by atoms with Crippen molar-refractivity contribution in [3.05, 3.63) is 41.4 Å². The number of ether oxygens (including phenoxy) is 3. The number of hydrogen-bond acceptors (Lipinski definition) is 8. The third-order valence-corrected chi connectivity index (χ3v) is 7.40. The number of rotatable bonds is 7. The first kappa shape index (κ1) is 25.1. The topological polar surface area (TPSA) is 108 Å². The van der Waals surface area contributed by atoms with Crippen LogP contribution in [0, 0.1) is 0 Å². The lowest BCUT2D eigenvalue weighted by Crippen LogP contribution is -2.38. The maximum Gasteiger partial charge on any atom is 0.338 e. The number of amides is 1. The Morgan fingerprint density at radius 3 is 2.57 bits per heavy atom. The van der Waals surface area contributed by atoms with Gasteiger partial charge in [0.15, 0.2) is 18.1 Å². The molecule has 3 heterocycles. The number of nitrogens with one attached hydrogen (secondary N) is 1. The smallest absolute Gasteiger partial charge is 0.338 e. The largest absolute Gasteiger partial charge is 0.493 e. The van der Waals surface area contributed by atoms with Crippen LogP contribution in [0.4, 0.5) is 5.95 Å². The third kappa shape index (κ3) is 5.42. The van der Waals surface area contributed by atoms with E-state index in [0.717, 1.165) is 63.6 Å². The van der Waals surface area contributed by atoms with Gasteiger partial charge >= 0.3 is 5.97 Å². The quantitative estimate of drug-likeness (QED) is 0.561. The molecule has 1 aliphatic carbocycles. The Hall–Kier alpha value is -3.56. The molecule has 0 radical (unpaired) electrons. The van der Waals surface area contributed by atoms with Crippen molar-refractivity contribution in [2.45, 2.75) is 70.4 Å². The molecule has 0 spiro atoms. The molecule has 2 aliphatic heterocycles. The molecule has 198 valence electrons. The molecule has 10 heteroatoms. The zero-order valence-corrected chi connectivity index (χ0v) is 21.6. The van der Waals surface area contributed by atoms with E-state index in [1.54, 1.807) is 17.9 Å². The first-order valence-corrected chi connectivity index (χ1v) is 13.2. The maximum atomic E-state index is 13.5. The molecule has 37 heavy (non-hydrogen) atoms. The first-order chi connectivity index (χ1) is 18.0. The Balaban J connectivity index is 1.39. The fourth-order valence-corrected chi connectivity index (χ4v) is 5.41. The zero-order valence-electron chi connectivity index (χ0n) is 21.6. The number of esters is 1. The average molecular weight is 510 g/mol. The fourth-order valence-electron chi connectivity index (χ4n) is 5.41. The molecule has 1 atom stereocenters. The van der Waals surface area contributed by atoms with Gasteiger partial charge in [-0.05, 0) is 69.6 Å². The first-order valence-electron chi connectivity index (χ1n) is 13.2. The Labute approximate surface area is 217 Å². The summed E-state index contributed by atoms with van der Waals surface area (Å²) in [6, 6.07) is 4.91. The molecule has 5 rings (SSSR count). The van der Waals surface area contributed by atoms with Gasteiger partial charge in [-0.15, -0.1) is 0 Å². The lowest BCUT2D eigenvalue weighted by molar-refractivity contribution is -0.146. The second-order valence-electron chi connectivity index (χ2n) is 9.90. The van der Waals surface area contributed by atoms with Crippen LogP contribution >= 0.6 is 0 Å². The van der Waals surface area contributed by atoms with Gasteiger partial charge in [-0.3, -0.25) is 4.79 Å². The van der Waals surface area contributed by atoms with E-state index in [1.807, 2.05) is 24.0 Å². The number of aromatic nitrogens is 3. The van der Waals surface area contributed by atoms with Crippen molar-refractivity contribution in [1.29, 1.82) is 0 Å². The minimum atomic E-state index is -0.548. The van der Waals surface area contributed by atoms with Crippen LogP contribution in [-0.4, -0.2) is 64.5 Å². The summed E-state index contributed by atoms with van der Waals surface area (Å²) in [5.41, 5.74) is 1.94. The van der Waals surface area contributed by atoms with Crippen LogP contribution in [0.25, 0.3) is 0 Å². The Morgan fingerprint density at radius 2 is 1.81 bits per heavy atom. The van der Waals surface area contributed by atoms with E-state index in [4.69, 9.17) is 14.2 Å². The lowest BCUT2D eigenvalue weighted by Gasteiger charge is -2.30. The number of hydrogen-bond donors (Lipinski definition) is 1. The molecule has 0 bridgehead atoms. The van der Waals surface area contributed by atoms with Crippen LogP contribution in [0.5, 0.6) is 11.5 Å². The predicted molar refractivity (Wildman–Crippen MR) is 136 cm³/mol. The number of carbonyl (C=O) groups excluding carboxylic acids is 2. The minimum absolute atomic E-state index is 0.0252. The third-order valence-electron chi connectivity index (χ3n) is 7.40. The number of methoxy groups -OCH3 is 1. The van der Waals surface area contributed by atoms with Crippen LogP contribution in [-0.2, 0) is 14.3 Å². The van der Waals surface area contributed by atoms with E-state index >= 15 is 0 Å². The molecule has 1 aromatic carbocycles. The molecule has 2 aromatic rings. The number of likely N-dealkylation sites (tertiary alicyclic amines) is 1. The van der Waals surface area contributed by atoms with Gasteiger partial charge in [-0.2, -0.15) is 10.1 Å². The highest BCUT2D eigenvalue weighted by atomic mass is 16.5. The number of anilines is 1. The number of piperidine rings is 1. The molecule has 1 saturated carbocycles. The average Bonchev–Trinajstić information content (AvgIpc) is 3.40. The standard InChI is InChI=1S/C27H35N5O5/c1-18-24(26(34)37-20-9-5-3-6-10-20)25(32-27(30-18)28-17-29-32)19-11-12-21(22(15-19)35-2)36-16-23(33)31-13-7-4-8-14-31/h11-12,15,17,20,25H,3-10,13-14,16H2,1-2H3,(H,28,29,30). The van der Waals surface area contributed by atoms with Crippen molar-refractivity contribution in [2.24, 2.45) is 0 Å². The van der Waals surface area contributed by atoms with E-state index in [1.165, 1.54) is 12.7 Å². The van der Waals surface area contributed by atoms with Crippen molar-refractivity contribution in [3.63, 3.8) is 0 Å². The lowest BCUT2D eigenvalue weighted by atomic mass is 9.94. The molecule has 1 aromatic heterocycles. The van der Waals surface area contributed by atoms with Gasteiger partial charge < -0.3 is 24.4 Å². The Morgan fingerprint density at radius 1 is 1.05 bits per heavy atom. The highest BCUT2D eigenvalue weighted by Crippen LogP contribution is 2.39. The normalized spacial score (nSPS) is 20.2. The summed E-state index contributed by atoms with van der Waals surface area (Å²) in [4.78, 5) is 32.2. The second-order valence-corrected chi connectivity index (χ2v) is 9.90. The van der Waals surface area contributed by atoms with Crippen LogP contribution in [0.2, 0.25) is 0 Å². The summed E-state index contributed by atoms with van der Waals surface area (Å²) in [5, 5.41) is 7.58. The van der Waals surface area contributed by atoms with E-state index in [-0.39, 0.29) is 24.6 Å². The van der Waals surface area contributed by atoms with Crippen molar-refractivity contribution >= 4 is 17.8 Å². The maximum absolute atomic E-state index is 13.5. The van der Waals surface area contributed by atoms with Crippen molar-refractivity contribution < 1.29 is 23.8 Å². The molecule has 3 aliphatic rings. The number of carbonyl (C=O) groups is 2. The SMILES string of the molecule is COc1cc(C2C(C(=O)OC3CCCCC3)=C(C)Nc3ncnn32)ccc1OCC(=O)N1CCCCC1. The highest BCUT2D eigenvalue weighted by molar-refractivity contribution is 5.92. The molecule has 1 saturated heterocycles. The summed E-state index contributed by atoms with van der Waals surface area (Å²) >= 11 is 0. The van der Waals surface area contributed by atoms with Crippen molar-refractivity contribution in [3.8, 4) is 11.5 Å². The summed E-state index contributed by atoms with van der Waals surface area (Å²) < 4.78 is 19.1. The van der Waals surface area contributed by atoms with Gasteiger partial charge in [-0.1, -0.05) is 12.5 Å². The number of fused-ring (bicyclic) bond motifs is 1. The van der Waals surface area contributed by atoms with Gasteiger partial charge in [0.2, 0.25) is 5.95 Å². The van der Waals surface area contributed by atoms with Crippen LogP contribution in [0.3, 0.4) is 0 Å². The predicted octanol–water partition coefficient (Wildman–Crippen LogP) is 3.84. The van der Waals surface area contributed by atoms with Gasteiger partial charge in [0.25, 0.3) is 5.91 Å². The fraction of sp³-hybridized carbons (Fsp3) is 0.556. The number of allylic oxidation sites excluding steroid dienone is 1. The van der Waals surface area contributed by atoms with Crippen LogP contribution < -0.4 is 14.8 Å². The summed E-state index contributed by atoms with van der Waals surface area (Å²) in [6.45, 7) is 3.36. The molecular weight excluding hydrogens is 474 g/mol. The molecule has 1 N–H and O–H groups in total. The van der Waals surface area contributed by atoms with Gasteiger partial charge in [0, 0.05) is 18.8 Å². The molecule has 10 nitrogen and oxygen atoms in total. The minimum Gasteiger partial charge on any atom is -0.493 e. The van der Waals surface area contributed by atoms with Crippen LogP contribution in [0.1, 0.15) is 69.9 Å². The van der Waals surface area contributed by atoms with Crippen LogP contribution in [0.15, 0.2) is 35.8 Å². The van der Waals surface area contributed by atoms with Crippen molar-refractivity contribution in [2.75, 3.05) is 32.1 Å².